The van der Waals surface area contributed by atoms with Gasteiger partial charge in [-0.1, -0.05) is 48.0 Å². The minimum absolute atomic E-state index is 0.0276. The monoisotopic (exact) mass is 392 g/mol. The largest absolute Gasteiger partial charge is 0.391 e. The number of piperidine rings is 1. The van der Waals surface area contributed by atoms with Gasteiger partial charge >= 0.3 is 0 Å². The Kier molecular flexibility index (Phi) is 5.41. The van der Waals surface area contributed by atoms with E-state index in [1.54, 1.807) is 9.80 Å². The molecule has 2 aliphatic heterocycles. The van der Waals surface area contributed by atoms with Gasteiger partial charge in [-0.2, -0.15) is 0 Å². The van der Waals surface area contributed by atoms with Crippen molar-refractivity contribution in [1.82, 2.24) is 9.80 Å². The van der Waals surface area contributed by atoms with Crippen LogP contribution in [0.25, 0.3) is 0 Å². The molecule has 0 radical (unpaired) electrons. The lowest BCUT2D eigenvalue weighted by molar-refractivity contribution is -0.154. The van der Waals surface area contributed by atoms with Crippen molar-refractivity contribution in [3.8, 4) is 0 Å². The smallest absolute Gasteiger partial charge is 0.253 e. The van der Waals surface area contributed by atoms with E-state index in [1.807, 2.05) is 61.5 Å². The summed E-state index contributed by atoms with van der Waals surface area (Å²) in [4.78, 5) is 29.9. The summed E-state index contributed by atoms with van der Waals surface area (Å²) in [5.41, 5.74) is 2.26. The second-order valence-electron chi connectivity index (χ2n) is 8.52. The predicted molar refractivity (Wildman–Crippen MR) is 111 cm³/mol. The molecule has 4 rings (SSSR count). The summed E-state index contributed by atoms with van der Waals surface area (Å²) in [5.74, 6) is 0.0354. The third-order valence-corrected chi connectivity index (χ3v) is 6.10. The molecule has 29 heavy (non-hydrogen) atoms. The number of nitrogens with zero attached hydrogens (tertiary/aromatic N) is 2. The van der Waals surface area contributed by atoms with Gasteiger partial charge in [0.15, 0.2) is 0 Å². The Morgan fingerprint density at radius 3 is 2.38 bits per heavy atom. The number of aryl methyl sites for hydroxylation is 1. The average molecular weight is 392 g/mol. The van der Waals surface area contributed by atoms with Gasteiger partial charge in [-0.05, 0) is 43.9 Å². The van der Waals surface area contributed by atoms with E-state index in [1.165, 1.54) is 0 Å². The summed E-state index contributed by atoms with van der Waals surface area (Å²) in [6, 6.07) is 17.5. The summed E-state index contributed by atoms with van der Waals surface area (Å²) in [6.45, 7) is 3.90. The minimum Gasteiger partial charge on any atom is -0.391 e. The molecule has 0 aromatic heterocycles. The van der Waals surface area contributed by atoms with Crippen LogP contribution in [-0.4, -0.2) is 59.0 Å². The standard InChI is InChI=1S/C24H28N2O3/c1-18-9-11-20(12-10-18)22(28)26-16-24(17-26,14-19-6-3-2-4-7-19)23(29)25-13-5-8-21(27)15-25/h2-4,6-7,9-12,21,27H,5,8,13-17H2,1H3. The minimum atomic E-state index is -0.612. The van der Waals surface area contributed by atoms with Crippen molar-refractivity contribution in [3.05, 3.63) is 71.3 Å². The molecule has 1 N–H and O–H groups in total. The number of β-amino-alcohol motifs (C(OH)–C–C–N with tert-alkyl or cyclic N) is 1. The maximum absolute atomic E-state index is 13.5. The molecule has 2 aromatic rings. The van der Waals surface area contributed by atoms with Gasteiger partial charge in [-0.15, -0.1) is 0 Å². The van der Waals surface area contributed by atoms with Gasteiger partial charge in [-0.25, -0.2) is 0 Å². The number of likely N-dealkylation sites (tertiary alicyclic amines) is 2. The lowest BCUT2D eigenvalue weighted by Gasteiger charge is -2.51. The zero-order valence-corrected chi connectivity index (χ0v) is 16.9. The molecule has 2 aliphatic rings. The quantitative estimate of drug-likeness (QED) is 0.870. The fraction of sp³-hybridized carbons (Fsp3) is 0.417. The lowest BCUT2D eigenvalue weighted by Crippen LogP contribution is -2.66. The third kappa shape index (κ3) is 4.06. The molecule has 1 atom stereocenters. The molecular weight excluding hydrogens is 364 g/mol. The van der Waals surface area contributed by atoms with Gasteiger partial charge < -0.3 is 14.9 Å². The number of aliphatic hydroxyl groups excluding tert-OH is 1. The second kappa shape index (κ2) is 7.99. The molecule has 5 heteroatoms. The number of rotatable bonds is 4. The van der Waals surface area contributed by atoms with E-state index in [0.717, 1.165) is 24.0 Å². The first-order valence-electron chi connectivity index (χ1n) is 10.3. The van der Waals surface area contributed by atoms with E-state index in [2.05, 4.69) is 0 Å². The highest BCUT2D eigenvalue weighted by Crippen LogP contribution is 2.38. The van der Waals surface area contributed by atoms with Crippen LogP contribution in [0.4, 0.5) is 0 Å². The first-order chi connectivity index (χ1) is 14.0. The first-order valence-corrected chi connectivity index (χ1v) is 10.3. The summed E-state index contributed by atoms with van der Waals surface area (Å²) in [6.07, 6.45) is 1.72. The van der Waals surface area contributed by atoms with E-state index in [0.29, 0.717) is 38.2 Å². The SMILES string of the molecule is Cc1ccc(C(=O)N2CC(Cc3ccccc3)(C(=O)N3CCCC(O)C3)C2)cc1. The Balaban J connectivity index is 1.53. The molecule has 2 aromatic carbocycles. The van der Waals surface area contributed by atoms with Gasteiger partial charge in [-0.3, -0.25) is 9.59 Å². The average Bonchev–Trinajstić information content (AvgIpc) is 2.71. The molecule has 2 saturated heterocycles. The maximum atomic E-state index is 13.5. The fourth-order valence-electron chi connectivity index (χ4n) is 4.49. The van der Waals surface area contributed by atoms with Crippen molar-refractivity contribution in [2.45, 2.75) is 32.3 Å². The normalized spacial score (nSPS) is 20.8. The zero-order chi connectivity index (χ0) is 20.4. The number of hydrogen-bond acceptors (Lipinski definition) is 3. The van der Waals surface area contributed by atoms with Crippen LogP contribution in [0, 0.1) is 12.3 Å². The van der Waals surface area contributed by atoms with Crippen molar-refractivity contribution in [2.75, 3.05) is 26.2 Å². The number of benzene rings is 2. The Hall–Kier alpha value is -2.66. The number of aliphatic hydroxyl groups is 1. The van der Waals surface area contributed by atoms with E-state index in [-0.39, 0.29) is 11.8 Å². The maximum Gasteiger partial charge on any atom is 0.253 e. The lowest BCUT2D eigenvalue weighted by atomic mass is 9.73. The molecule has 2 amide bonds. The van der Waals surface area contributed by atoms with E-state index < -0.39 is 11.5 Å². The molecule has 0 saturated carbocycles. The molecule has 152 valence electrons. The molecule has 1 unspecified atom stereocenters. The molecule has 0 aliphatic carbocycles. The van der Waals surface area contributed by atoms with Gasteiger partial charge in [0.1, 0.15) is 0 Å². The van der Waals surface area contributed by atoms with Gasteiger partial charge in [0, 0.05) is 31.7 Å². The summed E-state index contributed by atoms with van der Waals surface area (Å²) < 4.78 is 0. The Bertz CT molecular complexity index is 873. The van der Waals surface area contributed by atoms with Gasteiger partial charge in [0.25, 0.3) is 5.91 Å². The summed E-state index contributed by atoms with van der Waals surface area (Å²) in [7, 11) is 0. The number of carbonyl (C=O) groups is 2. The topological polar surface area (TPSA) is 60.9 Å². The van der Waals surface area contributed by atoms with Gasteiger partial charge in [0.2, 0.25) is 5.91 Å². The Morgan fingerprint density at radius 1 is 1.03 bits per heavy atom. The Morgan fingerprint density at radius 2 is 1.72 bits per heavy atom. The van der Waals surface area contributed by atoms with Crippen LogP contribution >= 0.6 is 0 Å². The molecule has 2 fully saturated rings. The zero-order valence-electron chi connectivity index (χ0n) is 16.9. The molecule has 5 nitrogen and oxygen atoms in total. The van der Waals surface area contributed by atoms with Gasteiger partial charge in [0.05, 0.1) is 11.5 Å². The van der Waals surface area contributed by atoms with Crippen molar-refractivity contribution in [2.24, 2.45) is 5.41 Å². The number of hydrogen-bond donors (Lipinski definition) is 1. The van der Waals surface area contributed by atoms with Crippen molar-refractivity contribution >= 4 is 11.8 Å². The molecule has 0 bridgehead atoms. The molecule has 2 heterocycles. The van der Waals surface area contributed by atoms with Crippen molar-refractivity contribution in [1.29, 1.82) is 0 Å². The molecule has 0 spiro atoms. The van der Waals surface area contributed by atoms with Crippen LogP contribution in [0.1, 0.15) is 34.3 Å². The van der Waals surface area contributed by atoms with Crippen LogP contribution in [0.5, 0.6) is 0 Å². The summed E-state index contributed by atoms with van der Waals surface area (Å²) >= 11 is 0. The highest BCUT2D eigenvalue weighted by atomic mass is 16.3. The van der Waals surface area contributed by atoms with Crippen LogP contribution in [0.2, 0.25) is 0 Å². The van der Waals surface area contributed by atoms with Crippen molar-refractivity contribution < 1.29 is 14.7 Å². The predicted octanol–water partition coefficient (Wildman–Crippen LogP) is 2.66. The second-order valence-corrected chi connectivity index (χ2v) is 8.52. The van der Waals surface area contributed by atoms with Crippen molar-refractivity contribution in [3.63, 3.8) is 0 Å². The van der Waals surface area contributed by atoms with Crippen LogP contribution < -0.4 is 0 Å². The highest BCUT2D eigenvalue weighted by molar-refractivity contribution is 5.97. The Labute approximate surface area is 171 Å². The van der Waals surface area contributed by atoms with E-state index in [9.17, 15) is 14.7 Å². The highest BCUT2D eigenvalue weighted by Gasteiger charge is 2.52. The first kappa shape index (κ1) is 19.6. The van der Waals surface area contributed by atoms with E-state index in [4.69, 9.17) is 0 Å². The third-order valence-electron chi connectivity index (χ3n) is 6.10. The summed E-state index contributed by atoms with van der Waals surface area (Å²) in [5, 5.41) is 10.0. The van der Waals surface area contributed by atoms with Crippen LogP contribution in [-0.2, 0) is 11.2 Å². The number of carbonyl (C=O) groups excluding carboxylic acids is 2. The van der Waals surface area contributed by atoms with Crippen LogP contribution in [0.3, 0.4) is 0 Å². The fourth-order valence-corrected chi connectivity index (χ4v) is 4.49. The van der Waals surface area contributed by atoms with Crippen LogP contribution in [0.15, 0.2) is 54.6 Å². The number of amides is 2. The van der Waals surface area contributed by atoms with E-state index >= 15 is 0 Å². The molecular formula is C24H28N2O3.